The topological polar surface area (TPSA) is 112 Å². The molecule has 1 aliphatic heterocycles. The van der Waals surface area contributed by atoms with E-state index in [9.17, 15) is 18.3 Å². The van der Waals surface area contributed by atoms with E-state index in [1.807, 2.05) is 19.9 Å². The van der Waals surface area contributed by atoms with Crippen LogP contribution >= 0.6 is 0 Å². The number of aryl methyl sites for hydroxylation is 1. The van der Waals surface area contributed by atoms with Crippen LogP contribution in [0.5, 0.6) is 5.75 Å². The third kappa shape index (κ3) is 3.14. The lowest BCUT2D eigenvalue weighted by molar-refractivity contribution is 0.0936. The first-order chi connectivity index (χ1) is 11.3. The Labute approximate surface area is 140 Å². The second kappa shape index (κ2) is 5.94. The van der Waals surface area contributed by atoms with E-state index in [4.69, 9.17) is 0 Å². The van der Waals surface area contributed by atoms with Gasteiger partial charge >= 0.3 is 0 Å². The van der Waals surface area contributed by atoms with Crippen molar-refractivity contribution < 1.29 is 18.3 Å². The summed E-state index contributed by atoms with van der Waals surface area (Å²) < 4.78 is 22.9. The number of phenols is 1. The van der Waals surface area contributed by atoms with Gasteiger partial charge in [-0.15, -0.1) is 0 Å². The van der Waals surface area contributed by atoms with Crippen LogP contribution in [0.2, 0.25) is 0 Å². The minimum Gasteiger partial charge on any atom is -0.507 e. The van der Waals surface area contributed by atoms with E-state index in [0.717, 1.165) is 11.1 Å². The molecular weight excluding hydrogens is 330 g/mol. The molecule has 0 bridgehead atoms. The minimum atomic E-state index is -3.05. The highest BCUT2D eigenvalue weighted by atomic mass is 32.2. The maximum atomic E-state index is 12.2. The zero-order valence-corrected chi connectivity index (χ0v) is 14.3. The van der Waals surface area contributed by atoms with Gasteiger partial charge in [-0.1, -0.05) is 6.07 Å². The molecule has 0 aliphatic carbocycles. The van der Waals surface area contributed by atoms with Crippen molar-refractivity contribution in [2.24, 2.45) is 0 Å². The van der Waals surface area contributed by atoms with E-state index in [2.05, 4.69) is 15.5 Å². The summed E-state index contributed by atoms with van der Waals surface area (Å²) >= 11 is 0. The summed E-state index contributed by atoms with van der Waals surface area (Å²) in [4.78, 5) is 12.2. The van der Waals surface area contributed by atoms with Gasteiger partial charge in [-0.25, -0.2) is 8.42 Å². The quantitative estimate of drug-likeness (QED) is 0.773. The number of phenolic OH excluding ortho intramolecular Hbond substituents is 1. The van der Waals surface area contributed by atoms with Gasteiger partial charge in [-0.3, -0.25) is 9.89 Å². The Morgan fingerprint density at radius 2 is 2.12 bits per heavy atom. The molecule has 0 radical (unpaired) electrons. The maximum Gasteiger partial charge on any atom is 0.269 e. The number of sulfone groups is 1. The zero-order valence-electron chi connectivity index (χ0n) is 13.5. The summed E-state index contributed by atoms with van der Waals surface area (Å²) in [5.74, 6) is -0.199. The summed E-state index contributed by atoms with van der Waals surface area (Å²) in [5, 5.41) is 19.7. The molecule has 0 spiro atoms. The van der Waals surface area contributed by atoms with E-state index in [1.165, 1.54) is 0 Å². The molecule has 2 aromatic rings. The predicted molar refractivity (Wildman–Crippen MR) is 89.7 cm³/mol. The van der Waals surface area contributed by atoms with Crippen LogP contribution in [0.15, 0.2) is 18.2 Å². The number of rotatable bonds is 3. The normalized spacial score (nSPS) is 19.3. The smallest absolute Gasteiger partial charge is 0.269 e. The van der Waals surface area contributed by atoms with Crippen LogP contribution in [0.1, 0.15) is 28.0 Å². The molecule has 1 atom stereocenters. The van der Waals surface area contributed by atoms with E-state index in [-0.39, 0.29) is 29.0 Å². The summed E-state index contributed by atoms with van der Waals surface area (Å²) in [6, 6.07) is 4.80. The second-order valence-electron chi connectivity index (χ2n) is 6.14. The van der Waals surface area contributed by atoms with Crippen LogP contribution in [0.4, 0.5) is 0 Å². The molecule has 1 aliphatic rings. The Morgan fingerprint density at radius 3 is 2.79 bits per heavy atom. The molecular formula is C16H19N3O4S. The molecule has 1 aromatic carbocycles. The molecule has 128 valence electrons. The number of nitrogens with zero attached hydrogens (tertiary/aromatic N) is 1. The Morgan fingerprint density at radius 1 is 1.38 bits per heavy atom. The van der Waals surface area contributed by atoms with Gasteiger partial charge in [0.25, 0.3) is 5.91 Å². The van der Waals surface area contributed by atoms with Crippen molar-refractivity contribution in [3.8, 4) is 17.0 Å². The number of benzene rings is 1. The predicted octanol–water partition coefficient (Wildman–Crippen LogP) is 1.32. The molecule has 24 heavy (non-hydrogen) atoms. The van der Waals surface area contributed by atoms with E-state index >= 15 is 0 Å². The van der Waals surface area contributed by atoms with Crippen LogP contribution in [0.25, 0.3) is 11.3 Å². The third-order valence-electron chi connectivity index (χ3n) is 4.37. The number of H-pyrrole nitrogens is 1. The number of nitrogens with one attached hydrogen (secondary N) is 2. The molecule has 1 amide bonds. The Balaban J connectivity index is 1.79. The average Bonchev–Trinajstić information content (AvgIpc) is 3.12. The van der Waals surface area contributed by atoms with Crippen LogP contribution in [-0.4, -0.2) is 47.2 Å². The zero-order chi connectivity index (χ0) is 17.5. The fraction of sp³-hybridized carbons (Fsp3) is 0.375. The van der Waals surface area contributed by atoms with Gasteiger partial charge < -0.3 is 10.4 Å². The van der Waals surface area contributed by atoms with Gasteiger partial charge in [0.15, 0.2) is 9.84 Å². The number of aromatic nitrogens is 2. The molecule has 3 rings (SSSR count). The highest BCUT2D eigenvalue weighted by Crippen LogP contribution is 2.32. The van der Waals surface area contributed by atoms with Crippen molar-refractivity contribution in [3.05, 3.63) is 35.0 Å². The molecule has 8 heteroatoms. The van der Waals surface area contributed by atoms with Crippen molar-refractivity contribution in [2.45, 2.75) is 26.3 Å². The maximum absolute atomic E-state index is 12.2. The summed E-state index contributed by atoms with van der Waals surface area (Å²) in [7, 11) is -3.05. The van der Waals surface area contributed by atoms with Gasteiger partial charge in [-0.2, -0.15) is 5.10 Å². The first-order valence-electron chi connectivity index (χ1n) is 7.63. The molecule has 0 saturated carbocycles. The lowest BCUT2D eigenvalue weighted by atomic mass is 10.0. The van der Waals surface area contributed by atoms with Crippen molar-refractivity contribution in [3.63, 3.8) is 0 Å². The lowest BCUT2D eigenvalue weighted by Crippen LogP contribution is -2.35. The van der Waals surface area contributed by atoms with Gasteiger partial charge in [0.2, 0.25) is 0 Å². The number of carbonyl (C=O) groups is 1. The van der Waals surface area contributed by atoms with Crippen LogP contribution in [0.3, 0.4) is 0 Å². The van der Waals surface area contributed by atoms with Gasteiger partial charge in [0, 0.05) is 11.6 Å². The molecule has 1 saturated heterocycles. The summed E-state index contributed by atoms with van der Waals surface area (Å²) in [5.41, 5.74) is 2.95. The van der Waals surface area contributed by atoms with Crippen molar-refractivity contribution in [2.75, 3.05) is 11.5 Å². The SMILES string of the molecule is Cc1ccc(-c2cc(C(=O)NC3CCS(=O)(=O)C3)[nH]n2)c(O)c1C. The standard InChI is InChI=1S/C16H19N3O4S/c1-9-3-4-12(15(20)10(9)2)13-7-14(19-18-13)16(21)17-11-5-6-24(22,23)8-11/h3-4,7,11,20H,5-6,8H2,1-2H3,(H,17,21)(H,18,19). The molecule has 1 aromatic heterocycles. The Hall–Kier alpha value is -2.35. The van der Waals surface area contributed by atoms with Crippen LogP contribution in [-0.2, 0) is 9.84 Å². The van der Waals surface area contributed by atoms with Gasteiger partial charge in [-0.05, 0) is 43.5 Å². The fourth-order valence-corrected chi connectivity index (χ4v) is 4.43. The number of hydrogen-bond donors (Lipinski definition) is 3. The number of carbonyl (C=O) groups excluding carboxylic acids is 1. The monoisotopic (exact) mass is 349 g/mol. The Kier molecular flexibility index (Phi) is 4.08. The summed E-state index contributed by atoms with van der Waals surface area (Å²) in [6.07, 6.45) is 0.424. The van der Waals surface area contributed by atoms with Gasteiger partial charge in [0.1, 0.15) is 11.4 Å². The first-order valence-corrected chi connectivity index (χ1v) is 9.45. The molecule has 7 nitrogen and oxygen atoms in total. The number of aromatic hydroxyl groups is 1. The van der Waals surface area contributed by atoms with Crippen molar-refractivity contribution in [1.29, 1.82) is 0 Å². The fourth-order valence-electron chi connectivity index (χ4n) is 2.76. The van der Waals surface area contributed by atoms with E-state index in [1.54, 1.807) is 12.1 Å². The highest BCUT2D eigenvalue weighted by molar-refractivity contribution is 7.91. The van der Waals surface area contributed by atoms with Crippen LogP contribution in [0, 0.1) is 13.8 Å². The third-order valence-corrected chi connectivity index (χ3v) is 6.14. The van der Waals surface area contributed by atoms with E-state index < -0.39 is 15.7 Å². The highest BCUT2D eigenvalue weighted by Gasteiger charge is 2.29. The van der Waals surface area contributed by atoms with Crippen molar-refractivity contribution >= 4 is 15.7 Å². The number of amides is 1. The molecule has 3 N–H and O–H groups in total. The number of hydrogen-bond acceptors (Lipinski definition) is 5. The van der Waals surface area contributed by atoms with E-state index in [0.29, 0.717) is 17.7 Å². The minimum absolute atomic E-state index is 0.0301. The first kappa shape index (κ1) is 16.5. The average molecular weight is 349 g/mol. The lowest BCUT2D eigenvalue weighted by Gasteiger charge is -2.09. The molecule has 1 unspecified atom stereocenters. The molecule has 1 fully saturated rings. The Bertz CT molecular complexity index is 902. The largest absolute Gasteiger partial charge is 0.507 e. The summed E-state index contributed by atoms with van der Waals surface area (Å²) in [6.45, 7) is 3.72. The van der Waals surface area contributed by atoms with Crippen LogP contribution < -0.4 is 5.32 Å². The number of aromatic amines is 1. The second-order valence-corrected chi connectivity index (χ2v) is 8.37. The van der Waals surface area contributed by atoms with Gasteiger partial charge in [0.05, 0.1) is 17.2 Å². The van der Waals surface area contributed by atoms with Crippen molar-refractivity contribution in [1.82, 2.24) is 15.5 Å². The molecule has 2 heterocycles.